The maximum absolute atomic E-state index is 13.0. The van der Waals surface area contributed by atoms with Gasteiger partial charge in [0.25, 0.3) is 0 Å². The molecule has 0 bridgehead atoms. The summed E-state index contributed by atoms with van der Waals surface area (Å²) in [5.74, 6) is 0. The fraction of sp³-hybridized carbons (Fsp3) is 0.227. The van der Waals surface area contributed by atoms with Gasteiger partial charge in [-0.05, 0) is 41.8 Å². The number of urea groups is 1. The van der Waals surface area contributed by atoms with Crippen LogP contribution in [0, 0.1) is 0 Å². The quantitative estimate of drug-likeness (QED) is 0.653. The Hall–Kier alpha value is -2.53. The van der Waals surface area contributed by atoms with Crippen LogP contribution in [-0.2, 0) is 13.0 Å². The molecule has 1 N–H and O–H groups in total. The monoisotopic (exact) mass is 423 g/mol. The fourth-order valence-electron chi connectivity index (χ4n) is 3.66. The average Bonchev–Trinajstić information content (AvgIpc) is 3.17. The van der Waals surface area contributed by atoms with E-state index in [1.54, 1.807) is 0 Å². The molecule has 0 aliphatic carbocycles. The Morgan fingerprint density at radius 1 is 1.00 bits per heavy atom. The van der Waals surface area contributed by atoms with Gasteiger partial charge in [0.15, 0.2) is 0 Å². The van der Waals surface area contributed by atoms with Crippen LogP contribution in [-0.4, -0.2) is 28.6 Å². The lowest BCUT2D eigenvalue weighted by molar-refractivity contribution is 0.169. The van der Waals surface area contributed by atoms with Gasteiger partial charge in [0.2, 0.25) is 0 Å². The number of carbonyl (C=O) groups excluding carboxylic acids is 1. The van der Waals surface area contributed by atoms with Crippen LogP contribution in [0.25, 0.3) is 0 Å². The molecule has 0 saturated carbocycles. The first-order valence-corrected chi connectivity index (χ1v) is 10.0. The third kappa shape index (κ3) is 3.93. The lowest BCUT2D eigenvalue weighted by atomic mass is 10.0. The summed E-state index contributed by atoms with van der Waals surface area (Å²) in [4.78, 5) is 14.9. The van der Waals surface area contributed by atoms with Gasteiger partial charge in [0, 0.05) is 36.0 Å². The molecule has 0 radical (unpaired) electrons. The molecule has 4 nitrogen and oxygen atoms in total. The van der Waals surface area contributed by atoms with Crippen LogP contribution in [0.5, 0.6) is 0 Å². The van der Waals surface area contributed by atoms with Gasteiger partial charge in [-0.25, -0.2) is 4.79 Å². The fourth-order valence-corrected chi connectivity index (χ4v) is 3.92. The first-order valence-electron chi connectivity index (χ1n) is 9.21. The molecule has 0 spiro atoms. The number of rotatable bonds is 4. The number of aromatic nitrogens is 1. The highest BCUT2D eigenvalue weighted by Gasteiger charge is 2.31. The van der Waals surface area contributed by atoms with Gasteiger partial charge in [0.1, 0.15) is 0 Å². The number of carbonyl (C=O) groups is 1. The molecule has 1 aliphatic rings. The molecule has 0 fully saturated rings. The third-order valence-corrected chi connectivity index (χ3v) is 5.55. The molecule has 1 aliphatic heterocycles. The van der Waals surface area contributed by atoms with Gasteiger partial charge in [0.05, 0.1) is 6.04 Å². The predicted octanol–water partition coefficient (Wildman–Crippen LogP) is 4.61. The van der Waals surface area contributed by atoms with E-state index in [0.29, 0.717) is 13.1 Å². The highest BCUT2D eigenvalue weighted by molar-refractivity contribution is 9.10. The number of hydrogen-bond acceptors (Lipinski definition) is 1. The lowest BCUT2D eigenvalue weighted by Gasteiger charge is -2.37. The zero-order chi connectivity index (χ0) is 18.6. The smallest absolute Gasteiger partial charge is 0.318 e. The molecule has 5 heteroatoms. The molecular formula is C22H22BrN3O. The summed E-state index contributed by atoms with van der Waals surface area (Å²) in [6.07, 6.45) is 2.92. The van der Waals surface area contributed by atoms with Crippen molar-refractivity contribution in [2.24, 2.45) is 0 Å². The van der Waals surface area contributed by atoms with E-state index in [2.05, 4.69) is 68.4 Å². The lowest BCUT2D eigenvalue weighted by Crippen LogP contribution is -2.47. The summed E-state index contributed by atoms with van der Waals surface area (Å²) in [5, 5.41) is 3.10. The highest BCUT2D eigenvalue weighted by Crippen LogP contribution is 2.33. The van der Waals surface area contributed by atoms with Crippen molar-refractivity contribution in [3.05, 3.63) is 94.2 Å². The van der Waals surface area contributed by atoms with Gasteiger partial charge in [-0.15, -0.1) is 0 Å². The van der Waals surface area contributed by atoms with Crippen molar-refractivity contribution in [3.63, 3.8) is 0 Å². The molecule has 1 unspecified atom stereocenters. The minimum atomic E-state index is -0.0708. The molecule has 1 atom stereocenters. The molecule has 2 amide bonds. The Morgan fingerprint density at radius 3 is 2.56 bits per heavy atom. The van der Waals surface area contributed by atoms with Gasteiger partial charge < -0.3 is 14.8 Å². The summed E-state index contributed by atoms with van der Waals surface area (Å²) in [6.45, 7) is 2.15. The molecular weight excluding hydrogens is 402 g/mol. The number of amides is 2. The van der Waals surface area contributed by atoms with Gasteiger partial charge in [-0.2, -0.15) is 0 Å². The molecule has 0 saturated heterocycles. The summed E-state index contributed by atoms with van der Waals surface area (Å²) >= 11 is 3.50. The van der Waals surface area contributed by atoms with Crippen molar-refractivity contribution < 1.29 is 4.79 Å². The molecule has 3 aromatic rings. The largest absolute Gasteiger partial charge is 0.348 e. The number of benzene rings is 2. The molecule has 2 aromatic carbocycles. The summed E-state index contributed by atoms with van der Waals surface area (Å²) < 4.78 is 3.27. The Bertz CT molecular complexity index is 905. The highest BCUT2D eigenvalue weighted by atomic mass is 79.9. The van der Waals surface area contributed by atoms with E-state index in [1.807, 2.05) is 35.2 Å². The van der Waals surface area contributed by atoms with Gasteiger partial charge in [-0.1, -0.05) is 58.4 Å². The number of halogens is 1. The van der Waals surface area contributed by atoms with Crippen molar-refractivity contribution in [2.45, 2.75) is 19.0 Å². The molecule has 4 rings (SSSR count). The molecule has 2 heterocycles. The SMILES string of the molecule is O=C(NCCc1ccccc1)N1CCn2cccc2C1c1ccc(Br)cc1. The standard InChI is InChI=1S/C22H22BrN3O/c23-19-10-8-18(9-11-19)21-20-7-4-14-25(20)15-16-26(21)22(27)24-13-12-17-5-2-1-3-6-17/h1-11,14,21H,12-13,15-16H2,(H,24,27). The molecule has 138 valence electrons. The Morgan fingerprint density at radius 2 is 1.78 bits per heavy atom. The zero-order valence-electron chi connectivity index (χ0n) is 15.0. The second kappa shape index (κ2) is 8.01. The Balaban J connectivity index is 1.51. The number of nitrogens with one attached hydrogen (secondary N) is 1. The minimum absolute atomic E-state index is 0.00806. The Kier molecular flexibility index (Phi) is 5.30. The van der Waals surface area contributed by atoms with E-state index in [0.717, 1.165) is 28.7 Å². The van der Waals surface area contributed by atoms with Crippen LogP contribution in [0.4, 0.5) is 4.79 Å². The van der Waals surface area contributed by atoms with E-state index in [9.17, 15) is 4.79 Å². The van der Waals surface area contributed by atoms with Gasteiger partial charge in [-0.3, -0.25) is 0 Å². The van der Waals surface area contributed by atoms with Crippen LogP contribution >= 0.6 is 15.9 Å². The average molecular weight is 424 g/mol. The van der Waals surface area contributed by atoms with Crippen LogP contribution in [0.2, 0.25) is 0 Å². The van der Waals surface area contributed by atoms with E-state index in [-0.39, 0.29) is 12.1 Å². The zero-order valence-corrected chi connectivity index (χ0v) is 16.6. The number of fused-ring (bicyclic) bond motifs is 1. The maximum Gasteiger partial charge on any atom is 0.318 e. The maximum atomic E-state index is 13.0. The van der Waals surface area contributed by atoms with Crippen LogP contribution < -0.4 is 5.32 Å². The first-order chi connectivity index (χ1) is 13.2. The molecule has 27 heavy (non-hydrogen) atoms. The predicted molar refractivity (Wildman–Crippen MR) is 111 cm³/mol. The topological polar surface area (TPSA) is 37.3 Å². The summed E-state index contributed by atoms with van der Waals surface area (Å²) in [6, 6.07) is 22.6. The second-order valence-electron chi connectivity index (χ2n) is 6.74. The molecule has 1 aromatic heterocycles. The third-order valence-electron chi connectivity index (χ3n) is 5.02. The van der Waals surface area contributed by atoms with Crippen LogP contribution in [0.1, 0.15) is 22.9 Å². The van der Waals surface area contributed by atoms with Gasteiger partial charge >= 0.3 is 6.03 Å². The van der Waals surface area contributed by atoms with Crippen molar-refractivity contribution in [3.8, 4) is 0 Å². The minimum Gasteiger partial charge on any atom is -0.348 e. The van der Waals surface area contributed by atoms with E-state index in [4.69, 9.17) is 0 Å². The number of nitrogens with zero attached hydrogens (tertiary/aromatic N) is 2. The van der Waals surface area contributed by atoms with Crippen LogP contribution in [0.3, 0.4) is 0 Å². The van der Waals surface area contributed by atoms with Crippen molar-refractivity contribution in [2.75, 3.05) is 13.1 Å². The van der Waals surface area contributed by atoms with E-state index >= 15 is 0 Å². The second-order valence-corrected chi connectivity index (χ2v) is 7.66. The van der Waals surface area contributed by atoms with E-state index in [1.165, 1.54) is 5.56 Å². The normalized spacial score (nSPS) is 16.0. The van der Waals surface area contributed by atoms with Crippen molar-refractivity contribution >= 4 is 22.0 Å². The number of hydrogen-bond donors (Lipinski definition) is 1. The Labute approximate surface area is 167 Å². The van der Waals surface area contributed by atoms with E-state index < -0.39 is 0 Å². The van der Waals surface area contributed by atoms with Crippen LogP contribution in [0.15, 0.2) is 77.4 Å². The summed E-state index contributed by atoms with van der Waals surface area (Å²) in [7, 11) is 0. The van der Waals surface area contributed by atoms with Crippen molar-refractivity contribution in [1.82, 2.24) is 14.8 Å². The first kappa shape index (κ1) is 17.9. The van der Waals surface area contributed by atoms with Crippen molar-refractivity contribution in [1.29, 1.82) is 0 Å². The summed E-state index contributed by atoms with van der Waals surface area (Å²) in [5.41, 5.74) is 3.51.